The van der Waals surface area contributed by atoms with E-state index >= 15 is 0 Å². The second kappa shape index (κ2) is 4.73. The fraction of sp³-hybridized carbons (Fsp3) is 0.0833. The fourth-order valence-corrected chi connectivity index (χ4v) is 2.04. The van der Waals surface area contributed by atoms with Gasteiger partial charge in [-0.15, -0.1) is 0 Å². The first-order valence-corrected chi connectivity index (χ1v) is 6.23. The van der Waals surface area contributed by atoms with E-state index in [2.05, 4.69) is 41.2 Å². The summed E-state index contributed by atoms with van der Waals surface area (Å²) in [7, 11) is 0. The number of aromatic nitrogens is 4. The van der Waals surface area contributed by atoms with E-state index in [1.165, 1.54) is 0 Å². The first-order chi connectivity index (χ1) is 8.83. The average molecular weight is 304 g/mol. The minimum atomic E-state index is 0.677. The molecule has 0 aliphatic carbocycles. The van der Waals surface area contributed by atoms with Crippen molar-refractivity contribution in [1.82, 2.24) is 19.9 Å². The number of H-pyrrole nitrogens is 1. The average Bonchev–Trinajstić information content (AvgIpc) is 2.89. The third kappa shape index (κ3) is 2.19. The number of fused-ring (bicyclic) bond motifs is 1. The molecule has 5 nitrogen and oxygen atoms in total. The lowest BCUT2D eigenvalue weighted by Crippen LogP contribution is -2.01. The summed E-state index contributed by atoms with van der Waals surface area (Å²) in [4.78, 5) is 15.7. The minimum Gasteiger partial charge on any atom is -0.378 e. The summed E-state index contributed by atoms with van der Waals surface area (Å²) in [5.41, 5.74) is 3.71. The normalized spacial score (nSPS) is 10.7. The summed E-state index contributed by atoms with van der Waals surface area (Å²) < 4.78 is 0.924. The Morgan fingerprint density at radius 1 is 1.28 bits per heavy atom. The molecule has 0 saturated heterocycles. The highest BCUT2D eigenvalue weighted by molar-refractivity contribution is 9.10. The monoisotopic (exact) mass is 303 g/mol. The minimum absolute atomic E-state index is 0.677. The standard InChI is InChI=1S/C12H10BrN5/c13-8-3-11-12(17-4-8)10(1-2-15-11)16-6-9-5-14-7-18-9/h1-5,7H,6H2,(H,14,18)(H,15,16). The molecular formula is C12H10BrN5. The van der Waals surface area contributed by atoms with E-state index in [0.717, 1.165) is 26.9 Å². The molecule has 0 fully saturated rings. The zero-order chi connectivity index (χ0) is 12.4. The van der Waals surface area contributed by atoms with Crippen LogP contribution in [-0.2, 0) is 6.54 Å². The van der Waals surface area contributed by atoms with Crippen molar-refractivity contribution in [3.8, 4) is 0 Å². The molecule has 6 heteroatoms. The summed E-state index contributed by atoms with van der Waals surface area (Å²) >= 11 is 3.39. The van der Waals surface area contributed by atoms with Crippen LogP contribution in [0.1, 0.15) is 5.69 Å². The van der Waals surface area contributed by atoms with Crippen LogP contribution in [0.25, 0.3) is 11.0 Å². The highest BCUT2D eigenvalue weighted by atomic mass is 79.9. The first kappa shape index (κ1) is 11.2. The van der Waals surface area contributed by atoms with E-state index in [1.807, 2.05) is 12.1 Å². The smallest absolute Gasteiger partial charge is 0.112 e. The number of rotatable bonds is 3. The number of aromatic amines is 1. The molecule has 0 radical (unpaired) electrons. The number of anilines is 1. The molecule has 90 valence electrons. The van der Waals surface area contributed by atoms with Crippen molar-refractivity contribution in [3.05, 3.63) is 47.2 Å². The van der Waals surface area contributed by atoms with Crippen LogP contribution in [0, 0.1) is 0 Å². The Balaban J connectivity index is 1.92. The van der Waals surface area contributed by atoms with E-state index in [0.29, 0.717) is 6.54 Å². The van der Waals surface area contributed by atoms with Crippen molar-refractivity contribution < 1.29 is 0 Å². The second-order valence-electron chi connectivity index (χ2n) is 3.81. The van der Waals surface area contributed by atoms with Gasteiger partial charge in [-0.1, -0.05) is 0 Å². The molecule has 0 saturated carbocycles. The predicted octanol–water partition coefficient (Wildman–Crippen LogP) is 2.73. The Hall–Kier alpha value is -1.95. The van der Waals surface area contributed by atoms with Crippen LogP contribution < -0.4 is 5.32 Å². The largest absolute Gasteiger partial charge is 0.378 e. The third-order valence-electron chi connectivity index (χ3n) is 2.57. The molecule has 18 heavy (non-hydrogen) atoms. The summed E-state index contributed by atoms with van der Waals surface area (Å²) in [6, 6.07) is 3.86. The topological polar surface area (TPSA) is 66.5 Å². The van der Waals surface area contributed by atoms with E-state index in [1.54, 1.807) is 24.9 Å². The number of hydrogen-bond donors (Lipinski definition) is 2. The highest BCUT2D eigenvalue weighted by Crippen LogP contribution is 2.22. The Labute approximate surface area is 112 Å². The van der Waals surface area contributed by atoms with Gasteiger partial charge in [0.25, 0.3) is 0 Å². The predicted molar refractivity (Wildman–Crippen MR) is 73.2 cm³/mol. The maximum absolute atomic E-state index is 4.38. The van der Waals surface area contributed by atoms with Crippen LogP contribution in [0.2, 0.25) is 0 Å². The van der Waals surface area contributed by atoms with Gasteiger partial charge in [-0.3, -0.25) is 9.97 Å². The number of halogens is 1. The number of nitrogens with one attached hydrogen (secondary N) is 2. The third-order valence-corrected chi connectivity index (χ3v) is 3.00. The summed E-state index contributed by atoms with van der Waals surface area (Å²) in [6.07, 6.45) is 6.99. The zero-order valence-corrected chi connectivity index (χ0v) is 11.0. The van der Waals surface area contributed by atoms with Crippen LogP contribution in [0.4, 0.5) is 5.69 Å². The molecule has 3 heterocycles. The van der Waals surface area contributed by atoms with Gasteiger partial charge >= 0.3 is 0 Å². The number of pyridine rings is 2. The second-order valence-corrected chi connectivity index (χ2v) is 4.73. The maximum atomic E-state index is 4.38. The molecule has 0 amide bonds. The van der Waals surface area contributed by atoms with Gasteiger partial charge in [0, 0.05) is 23.1 Å². The Kier molecular flexibility index (Phi) is 2.93. The maximum Gasteiger partial charge on any atom is 0.112 e. The van der Waals surface area contributed by atoms with Gasteiger partial charge in [0.15, 0.2) is 0 Å². The van der Waals surface area contributed by atoms with Crippen LogP contribution in [0.3, 0.4) is 0 Å². The SMILES string of the molecule is Brc1cnc2c(NCc3cnc[nH]3)ccnc2c1. The lowest BCUT2D eigenvalue weighted by atomic mass is 10.3. The lowest BCUT2D eigenvalue weighted by Gasteiger charge is -2.07. The molecule has 0 spiro atoms. The highest BCUT2D eigenvalue weighted by Gasteiger charge is 2.04. The molecule has 3 rings (SSSR count). The number of imidazole rings is 1. The summed E-state index contributed by atoms with van der Waals surface area (Å²) in [5, 5.41) is 3.32. The summed E-state index contributed by atoms with van der Waals surface area (Å²) in [6.45, 7) is 0.677. The Morgan fingerprint density at radius 2 is 2.22 bits per heavy atom. The molecular weight excluding hydrogens is 294 g/mol. The molecule has 0 bridgehead atoms. The number of nitrogens with zero attached hydrogens (tertiary/aromatic N) is 3. The molecule has 0 atom stereocenters. The van der Waals surface area contributed by atoms with Crippen LogP contribution in [0.15, 0.2) is 41.5 Å². The molecule has 3 aromatic heterocycles. The Morgan fingerprint density at radius 3 is 3.06 bits per heavy atom. The van der Waals surface area contributed by atoms with Gasteiger partial charge in [0.05, 0.1) is 29.8 Å². The van der Waals surface area contributed by atoms with Gasteiger partial charge in [-0.25, -0.2) is 4.98 Å². The van der Waals surface area contributed by atoms with Crippen molar-refractivity contribution >= 4 is 32.7 Å². The first-order valence-electron chi connectivity index (χ1n) is 5.44. The van der Waals surface area contributed by atoms with Crippen molar-refractivity contribution in [2.75, 3.05) is 5.32 Å². The van der Waals surface area contributed by atoms with Gasteiger partial charge < -0.3 is 10.3 Å². The quantitative estimate of drug-likeness (QED) is 0.781. The molecule has 0 aliphatic heterocycles. The molecule has 0 unspecified atom stereocenters. The molecule has 0 aliphatic rings. The van der Waals surface area contributed by atoms with Crippen LogP contribution >= 0.6 is 15.9 Å². The van der Waals surface area contributed by atoms with Gasteiger partial charge in [0.1, 0.15) is 5.52 Å². The zero-order valence-electron chi connectivity index (χ0n) is 9.39. The van der Waals surface area contributed by atoms with E-state index in [4.69, 9.17) is 0 Å². The van der Waals surface area contributed by atoms with Crippen molar-refractivity contribution in [2.24, 2.45) is 0 Å². The van der Waals surface area contributed by atoms with Crippen molar-refractivity contribution in [2.45, 2.75) is 6.54 Å². The van der Waals surface area contributed by atoms with Crippen LogP contribution in [-0.4, -0.2) is 19.9 Å². The van der Waals surface area contributed by atoms with Gasteiger partial charge in [0.2, 0.25) is 0 Å². The molecule has 3 aromatic rings. The Bertz CT molecular complexity index is 665. The van der Waals surface area contributed by atoms with Gasteiger partial charge in [-0.2, -0.15) is 0 Å². The van der Waals surface area contributed by atoms with Crippen LogP contribution in [0.5, 0.6) is 0 Å². The molecule has 0 aromatic carbocycles. The van der Waals surface area contributed by atoms with E-state index in [-0.39, 0.29) is 0 Å². The molecule has 2 N–H and O–H groups in total. The van der Waals surface area contributed by atoms with E-state index < -0.39 is 0 Å². The van der Waals surface area contributed by atoms with Crippen molar-refractivity contribution in [1.29, 1.82) is 0 Å². The lowest BCUT2D eigenvalue weighted by molar-refractivity contribution is 1.07. The number of hydrogen-bond acceptors (Lipinski definition) is 4. The fourth-order valence-electron chi connectivity index (χ4n) is 1.72. The summed E-state index contributed by atoms with van der Waals surface area (Å²) in [5.74, 6) is 0. The van der Waals surface area contributed by atoms with Gasteiger partial charge in [-0.05, 0) is 28.1 Å². The van der Waals surface area contributed by atoms with Crippen molar-refractivity contribution in [3.63, 3.8) is 0 Å². The van der Waals surface area contributed by atoms with E-state index in [9.17, 15) is 0 Å².